The molecule has 2 aromatic carbocycles. The van der Waals surface area contributed by atoms with Gasteiger partial charge in [0, 0.05) is 20.7 Å². The number of carbonyl (C=O) groups is 2. The van der Waals surface area contributed by atoms with Gasteiger partial charge in [-0.2, -0.15) is 0 Å². The van der Waals surface area contributed by atoms with Gasteiger partial charge in [0.1, 0.15) is 0 Å². The fourth-order valence-electron chi connectivity index (χ4n) is 1.96. The second kappa shape index (κ2) is 5.87. The third kappa shape index (κ3) is 2.94. The summed E-state index contributed by atoms with van der Waals surface area (Å²) < 4.78 is 0.717. The summed E-state index contributed by atoms with van der Waals surface area (Å²) in [6.07, 6.45) is 0. The van der Waals surface area contributed by atoms with Crippen LogP contribution in [0, 0.1) is 6.92 Å². The molecule has 0 aromatic heterocycles. The number of halogens is 2. The molecule has 6 heteroatoms. The largest absolute Gasteiger partial charge is 0.478 e. The number of rotatable bonds is 3. The fraction of sp³-hybridized carbons (Fsp3) is 0.0667. The molecule has 0 heterocycles. The van der Waals surface area contributed by atoms with E-state index in [2.05, 4.69) is 15.9 Å². The lowest BCUT2D eigenvalue weighted by Gasteiger charge is -2.13. The Bertz CT molecular complexity index is 759. The van der Waals surface area contributed by atoms with Gasteiger partial charge in [-0.3, -0.25) is 4.79 Å². The Hall–Kier alpha value is -1.85. The minimum Gasteiger partial charge on any atom is -0.478 e. The van der Waals surface area contributed by atoms with Gasteiger partial charge < -0.3 is 10.8 Å². The van der Waals surface area contributed by atoms with Crippen molar-refractivity contribution >= 4 is 45.0 Å². The van der Waals surface area contributed by atoms with Crippen LogP contribution in [0.15, 0.2) is 34.8 Å². The van der Waals surface area contributed by atoms with E-state index in [-0.39, 0.29) is 21.8 Å². The number of aromatic carboxylic acids is 1. The van der Waals surface area contributed by atoms with Gasteiger partial charge >= 0.3 is 5.97 Å². The third-order valence-corrected chi connectivity index (χ3v) is 4.00. The smallest absolute Gasteiger partial charge is 0.336 e. The summed E-state index contributed by atoms with van der Waals surface area (Å²) in [5, 5.41) is 9.50. The summed E-state index contributed by atoms with van der Waals surface area (Å²) in [4.78, 5) is 24.0. The molecule has 2 aromatic rings. The molecule has 0 aliphatic heterocycles. The number of carboxylic acid groups (broad SMARTS) is 1. The predicted octanol–water partition coefficient (Wildman–Crippen LogP) is 3.92. The van der Waals surface area contributed by atoms with Gasteiger partial charge in [-0.15, -0.1) is 0 Å². The van der Waals surface area contributed by atoms with Crippen molar-refractivity contribution in [3.63, 3.8) is 0 Å². The minimum absolute atomic E-state index is 0.0394. The lowest BCUT2D eigenvalue weighted by molar-refractivity contribution is 0.0693. The number of hydrogen-bond donors (Lipinski definition) is 2. The van der Waals surface area contributed by atoms with E-state index >= 15 is 0 Å². The summed E-state index contributed by atoms with van der Waals surface area (Å²) >= 11 is 9.22. The van der Waals surface area contributed by atoms with E-state index in [4.69, 9.17) is 17.3 Å². The Morgan fingerprint density at radius 2 is 1.95 bits per heavy atom. The summed E-state index contributed by atoms with van der Waals surface area (Å²) in [7, 11) is 0. The molecule has 0 aliphatic carbocycles. The van der Waals surface area contributed by atoms with Crippen LogP contribution in [0.2, 0.25) is 5.02 Å². The van der Waals surface area contributed by atoms with Crippen LogP contribution in [-0.2, 0) is 0 Å². The number of carbonyl (C=O) groups excluding carboxylic acids is 1. The Morgan fingerprint density at radius 1 is 1.29 bits per heavy atom. The normalized spacial score (nSPS) is 10.4. The molecule has 0 fully saturated rings. The van der Waals surface area contributed by atoms with Gasteiger partial charge in [0.15, 0.2) is 5.78 Å². The van der Waals surface area contributed by atoms with Crippen LogP contribution in [0.3, 0.4) is 0 Å². The minimum atomic E-state index is -1.25. The van der Waals surface area contributed by atoms with Crippen molar-refractivity contribution in [1.82, 2.24) is 0 Å². The maximum absolute atomic E-state index is 12.6. The van der Waals surface area contributed by atoms with Crippen molar-refractivity contribution in [3.8, 4) is 0 Å². The standard InChI is InChI=1S/C15H11BrClNO3/c1-7-11(17)6-10(15(20)21)12(13(7)18)14(19)8-3-2-4-9(16)5-8/h2-6H,18H2,1H3,(H,20,21). The number of hydrogen-bond acceptors (Lipinski definition) is 3. The van der Waals surface area contributed by atoms with Crippen LogP contribution in [0.5, 0.6) is 0 Å². The highest BCUT2D eigenvalue weighted by molar-refractivity contribution is 9.10. The maximum atomic E-state index is 12.6. The number of anilines is 1. The molecule has 2 rings (SSSR count). The summed E-state index contributed by atoms with van der Waals surface area (Å²) in [5.41, 5.74) is 6.60. The van der Waals surface area contributed by atoms with E-state index in [1.807, 2.05) is 0 Å². The van der Waals surface area contributed by atoms with Crippen molar-refractivity contribution in [3.05, 3.63) is 62.1 Å². The van der Waals surface area contributed by atoms with Gasteiger partial charge in [0.25, 0.3) is 0 Å². The number of benzene rings is 2. The molecule has 3 N–H and O–H groups in total. The van der Waals surface area contributed by atoms with Gasteiger partial charge in [-0.05, 0) is 30.7 Å². The van der Waals surface area contributed by atoms with Gasteiger partial charge in [-0.25, -0.2) is 4.79 Å². The highest BCUT2D eigenvalue weighted by Crippen LogP contribution is 2.31. The first-order valence-corrected chi connectivity index (χ1v) is 7.12. The zero-order chi connectivity index (χ0) is 15.7. The SMILES string of the molecule is Cc1c(Cl)cc(C(=O)O)c(C(=O)c2cccc(Br)c2)c1N. The Balaban J connectivity index is 2.70. The topological polar surface area (TPSA) is 80.4 Å². The van der Waals surface area contributed by atoms with Crippen LogP contribution in [-0.4, -0.2) is 16.9 Å². The Kier molecular flexibility index (Phi) is 4.34. The maximum Gasteiger partial charge on any atom is 0.336 e. The number of carboxylic acids is 1. The molecule has 108 valence electrons. The van der Waals surface area contributed by atoms with E-state index in [1.165, 1.54) is 6.07 Å². The van der Waals surface area contributed by atoms with E-state index in [0.717, 1.165) is 4.47 Å². The zero-order valence-electron chi connectivity index (χ0n) is 11.0. The van der Waals surface area contributed by atoms with Gasteiger partial charge in [0.2, 0.25) is 0 Å². The lowest BCUT2D eigenvalue weighted by atomic mass is 9.94. The molecular formula is C15H11BrClNO3. The van der Waals surface area contributed by atoms with Crippen LogP contribution in [0.1, 0.15) is 31.8 Å². The van der Waals surface area contributed by atoms with Crippen LogP contribution in [0.25, 0.3) is 0 Å². The molecule has 0 amide bonds. The van der Waals surface area contributed by atoms with Crippen LogP contribution < -0.4 is 5.73 Å². The Morgan fingerprint density at radius 3 is 2.52 bits per heavy atom. The molecule has 0 radical (unpaired) electrons. The van der Waals surface area contributed by atoms with E-state index in [9.17, 15) is 14.7 Å². The second-order valence-electron chi connectivity index (χ2n) is 4.46. The Labute approximate surface area is 134 Å². The molecule has 4 nitrogen and oxygen atoms in total. The fourth-order valence-corrected chi connectivity index (χ4v) is 2.57. The molecule has 0 aliphatic rings. The average molecular weight is 369 g/mol. The quantitative estimate of drug-likeness (QED) is 0.635. The van der Waals surface area contributed by atoms with E-state index < -0.39 is 11.8 Å². The van der Waals surface area contributed by atoms with Crippen molar-refractivity contribution in [2.45, 2.75) is 6.92 Å². The molecule has 0 unspecified atom stereocenters. The molecule has 0 saturated carbocycles. The van der Waals surface area contributed by atoms with Gasteiger partial charge in [0.05, 0.1) is 11.1 Å². The first kappa shape index (κ1) is 15.5. The third-order valence-electron chi connectivity index (χ3n) is 3.12. The molecule has 0 spiro atoms. The van der Waals surface area contributed by atoms with Crippen LogP contribution in [0.4, 0.5) is 5.69 Å². The van der Waals surface area contributed by atoms with Gasteiger partial charge in [-0.1, -0.05) is 39.7 Å². The number of ketones is 1. The van der Waals surface area contributed by atoms with Crippen molar-refractivity contribution in [2.75, 3.05) is 5.73 Å². The monoisotopic (exact) mass is 367 g/mol. The summed E-state index contributed by atoms with van der Waals surface area (Å²) in [6.45, 7) is 1.64. The molecule has 0 saturated heterocycles. The molecule has 0 atom stereocenters. The molecule has 21 heavy (non-hydrogen) atoms. The van der Waals surface area contributed by atoms with Crippen molar-refractivity contribution in [2.24, 2.45) is 0 Å². The van der Waals surface area contributed by atoms with Crippen molar-refractivity contribution < 1.29 is 14.7 Å². The number of nitrogen functional groups attached to an aromatic ring is 1. The predicted molar refractivity (Wildman–Crippen MR) is 85.1 cm³/mol. The zero-order valence-corrected chi connectivity index (χ0v) is 13.3. The summed E-state index contributed by atoms with van der Waals surface area (Å²) in [5.74, 6) is -1.70. The van der Waals surface area contributed by atoms with Crippen molar-refractivity contribution in [1.29, 1.82) is 0 Å². The first-order valence-electron chi connectivity index (χ1n) is 5.95. The second-order valence-corrected chi connectivity index (χ2v) is 5.79. The molecule has 0 bridgehead atoms. The molecular weight excluding hydrogens is 358 g/mol. The van der Waals surface area contributed by atoms with E-state index in [1.54, 1.807) is 31.2 Å². The van der Waals surface area contributed by atoms with Crippen LogP contribution >= 0.6 is 27.5 Å². The average Bonchev–Trinajstić information content (AvgIpc) is 2.43. The highest BCUT2D eigenvalue weighted by atomic mass is 79.9. The lowest BCUT2D eigenvalue weighted by Crippen LogP contribution is -2.14. The number of nitrogens with two attached hydrogens (primary N) is 1. The highest BCUT2D eigenvalue weighted by Gasteiger charge is 2.24. The first-order chi connectivity index (χ1) is 9.82. The summed E-state index contributed by atoms with van der Waals surface area (Å²) in [6, 6.07) is 7.92. The van der Waals surface area contributed by atoms with E-state index in [0.29, 0.717) is 11.1 Å².